The fourth-order valence-corrected chi connectivity index (χ4v) is 14.9. The Bertz CT molecular complexity index is 4910. The van der Waals surface area contributed by atoms with Crippen LogP contribution in [0.15, 0.2) is 297 Å². The Labute approximate surface area is 649 Å². The third-order valence-corrected chi connectivity index (χ3v) is 21.8. The monoisotopic (exact) mass is 1430 g/mol. The second kappa shape index (κ2) is 36.5. The highest BCUT2D eigenvalue weighted by Gasteiger charge is 2.20. The van der Waals surface area contributed by atoms with Gasteiger partial charge in [-0.1, -0.05) is 204 Å². The van der Waals surface area contributed by atoms with Gasteiger partial charge in [-0.25, -0.2) is 0 Å². The van der Waals surface area contributed by atoms with E-state index in [1.807, 2.05) is 0 Å². The maximum Gasteiger partial charge on any atom is 0.121 e. The molecule has 16 rings (SSSR count). The van der Waals surface area contributed by atoms with Crippen LogP contribution in [0.25, 0.3) is 11.1 Å². The smallest absolute Gasteiger partial charge is 0.121 e. The number of hydrogen-bond donors (Lipinski definition) is 0. The van der Waals surface area contributed by atoms with Gasteiger partial charge in [-0.15, -0.1) is 0 Å². The molecule has 0 saturated carbocycles. The lowest BCUT2D eigenvalue weighted by molar-refractivity contribution is 0.304. The molecule has 0 bridgehead atoms. The third kappa shape index (κ3) is 19.9. The maximum atomic E-state index is 6.18. The van der Waals surface area contributed by atoms with Crippen molar-refractivity contribution in [2.24, 2.45) is 0 Å². The summed E-state index contributed by atoms with van der Waals surface area (Å²) in [6.07, 6.45) is 19.3. The number of rotatable bonds is 29. The predicted molar refractivity (Wildman–Crippen MR) is 459 cm³/mol. The summed E-state index contributed by atoms with van der Waals surface area (Å²) >= 11 is 0. The molecular weight excluding hydrogens is 1330 g/mol. The Hall–Kier alpha value is -11.3. The second-order valence-electron chi connectivity index (χ2n) is 30.1. The van der Waals surface area contributed by atoms with E-state index in [4.69, 9.17) is 14.2 Å². The van der Waals surface area contributed by atoms with Gasteiger partial charge in [0.25, 0.3) is 0 Å². The van der Waals surface area contributed by atoms with E-state index in [2.05, 4.69) is 353 Å². The van der Waals surface area contributed by atoms with Crippen molar-refractivity contribution in [3.8, 4) is 28.4 Å². The van der Waals surface area contributed by atoms with E-state index in [1.54, 1.807) is 27.8 Å². The Morgan fingerprint density at radius 1 is 0.229 bits per heavy atom. The first-order valence-corrected chi connectivity index (χ1v) is 39.9. The fraction of sp³-hybridized carbons (Fsp3) is 0.243. The summed E-state index contributed by atoms with van der Waals surface area (Å²) in [7, 11) is 0. The Morgan fingerprint density at radius 3 is 0.991 bits per heavy atom. The SMILES string of the molecule is Cc1ccc(N(c2ccc(C)cc2)c2ccc(-c3ccc(OCCc4ccc5c(c4)CC5)cc3)cc2)cc1.Cc1ccc(N(c2ccc(C)cc2)c2ccc(OCCCCCCc3cccc4c3CC4)cc2)cc1.Cc1ccc(N(c2ccc(C)cc2)c2cccc(OCCCCCc3ccc4c(c3)CC4)c2)cc1. The van der Waals surface area contributed by atoms with E-state index in [0.29, 0.717) is 6.61 Å². The van der Waals surface area contributed by atoms with Crippen LogP contribution in [0, 0.1) is 41.5 Å². The van der Waals surface area contributed by atoms with Gasteiger partial charge in [0.2, 0.25) is 0 Å². The summed E-state index contributed by atoms with van der Waals surface area (Å²) in [6, 6.07) is 107. The first-order chi connectivity index (χ1) is 53.4. The average Bonchev–Trinajstić information content (AvgIpc) is 0.826. The quantitative estimate of drug-likeness (QED) is 0.0435. The molecule has 0 saturated heterocycles. The zero-order valence-corrected chi connectivity index (χ0v) is 64.8. The van der Waals surface area contributed by atoms with Gasteiger partial charge in [-0.05, 0) is 320 Å². The van der Waals surface area contributed by atoms with Crippen LogP contribution < -0.4 is 28.9 Å². The topological polar surface area (TPSA) is 37.4 Å². The van der Waals surface area contributed by atoms with E-state index in [9.17, 15) is 0 Å². The van der Waals surface area contributed by atoms with Gasteiger partial charge in [0.1, 0.15) is 17.2 Å². The Morgan fingerprint density at radius 2 is 0.569 bits per heavy atom. The van der Waals surface area contributed by atoms with E-state index in [0.717, 1.165) is 101 Å². The van der Waals surface area contributed by atoms with Crippen LogP contribution in [-0.4, -0.2) is 19.8 Å². The normalized spacial score (nSPS) is 12.0. The second-order valence-corrected chi connectivity index (χ2v) is 30.1. The Kier molecular flexibility index (Phi) is 25.0. The van der Waals surface area contributed by atoms with Crippen molar-refractivity contribution in [3.05, 3.63) is 381 Å². The molecule has 13 aromatic rings. The number of benzene rings is 13. The van der Waals surface area contributed by atoms with E-state index >= 15 is 0 Å². The molecule has 0 fully saturated rings. The molecule has 6 nitrogen and oxygen atoms in total. The minimum Gasteiger partial charge on any atom is -0.494 e. The summed E-state index contributed by atoms with van der Waals surface area (Å²) < 4.78 is 18.3. The summed E-state index contributed by atoms with van der Waals surface area (Å²) in [5.74, 6) is 2.78. The number of unbranched alkanes of at least 4 members (excludes halogenated alkanes) is 5. The van der Waals surface area contributed by atoms with Crippen LogP contribution in [-0.2, 0) is 57.8 Å². The zero-order chi connectivity index (χ0) is 74.7. The van der Waals surface area contributed by atoms with Crippen LogP contribution in [0.2, 0.25) is 0 Å². The molecule has 0 N–H and O–H groups in total. The molecule has 0 amide bonds. The van der Waals surface area contributed by atoms with Gasteiger partial charge in [0.15, 0.2) is 0 Å². The average molecular weight is 1430 g/mol. The molecule has 0 unspecified atom stereocenters. The predicted octanol–water partition coefficient (Wildman–Crippen LogP) is 26.9. The molecular formula is C103H105N3O3. The molecule has 0 heterocycles. The number of anilines is 9. The van der Waals surface area contributed by atoms with Crippen LogP contribution in [0.3, 0.4) is 0 Å². The largest absolute Gasteiger partial charge is 0.494 e. The highest BCUT2D eigenvalue weighted by molar-refractivity contribution is 5.81. The van der Waals surface area contributed by atoms with Crippen molar-refractivity contribution in [1.82, 2.24) is 0 Å². The van der Waals surface area contributed by atoms with Gasteiger partial charge >= 0.3 is 0 Å². The summed E-state index contributed by atoms with van der Waals surface area (Å²) in [4.78, 5) is 6.89. The number of fused-ring (bicyclic) bond motifs is 3. The van der Waals surface area contributed by atoms with Crippen molar-refractivity contribution in [1.29, 1.82) is 0 Å². The van der Waals surface area contributed by atoms with Crippen LogP contribution in [0.4, 0.5) is 51.2 Å². The van der Waals surface area contributed by atoms with E-state index in [1.165, 1.54) is 150 Å². The van der Waals surface area contributed by atoms with Crippen molar-refractivity contribution >= 4 is 51.2 Å². The molecule has 0 radical (unpaired) electrons. The number of aryl methyl sites for hydroxylation is 13. The molecule has 0 aromatic heterocycles. The van der Waals surface area contributed by atoms with Crippen molar-refractivity contribution in [2.45, 2.75) is 144 Å². The van der Waals surface area contributed by atoms with Crippen molar-refractivity contribution < 1.29 is 14.2 Å². The molecule has 0 atom stereocenters. The molecule has 13 aromatic carbocycles. The van der Waals surface area contributed by atoms with Crippen LogP contribution in [0.5, 0.6) is 17.2 Å². The number of nitrogens with zero attached hydrogens (tertiary/aromatic N) is 3. The molecule has 0 spiro atoms. The lowest BCUT2D eigenvalue weighted by Crippen LogP contribution is -2.11. The van der Waals surface area contributed by atoms with Crippen molar-refractivity contribution in [3.63, 3.8) is 0 Å². The van der Waals surface area contributed by atoms with Crippen LogP contribution in [0.1, 0.15) is 128 Å². The fourth-order valence-electron chi connectivity index (χ4n) is 14.9. The van der Waals surface area contributed by atoms with Gasteiger partial charge in [-0.2, -0.15) is 0 Å². The van der Waals surface area contributed by atoms with Gasteiger partial charge in [-0.3, -0.25) is 0 Å². The van der Waals surface area contributed by atoms with E-state index < -0.39 is 0 Å². The highest BCUT2D eigenvalue weighted by atomic mass is 16.5. The number of hydrogen-bond acceptors (Lipinski definition) is 6. The van der Waals surface area contributed by atoms with Crippen molar-refractivity contribution in [2.75, 3.05) is 34.5 Å². The number of ether oxygens (including phenoxy) is 3. The first kappa shape index (κ1) is 74.5. The lowest BCUT2D eigenvalue weighted by atomic mass is 9.83. The zero-order valence-electron chi connectivity index (χ0n) is 64.8. The first-order valence-electron chi connectivity index (χ1n) is 39.9. The lowest BCUT2D eigenvalue weighted by Gasteiger charge is -2.26. The maximum absolute atomic E-state index is 6.18. The van der Waals surface area contributed by atoms with Gasteiger partial charge in [0.05, 0.1) is 19.8 Å². The minimum absolute atomic E-state index is 0.695. The standard InChI is InChI=1S/C36H33NO.C34H37NO.C33H35NO/c1-26-3-15-33(16-4-26)37(34-17-5-27(2)6-18-34)35-19-11-29(12-20-35)30-13-21-36(22-14-30)38-24-23-28-7-8-31-9-10-32(31)25-28;1-26-11-16-30(17-12-26)35(31-18-13-27(2)14-19-31)32-20-22-33(23-21-32)36-25-6-4-3-5-8-28-9-7-10-29-15-24-34(28)29;1-25-10-18-30(19-11-25)34(31-20-12-26(2)13-21-31)32-8-6-9-33(24-32)35-22-5-3-4-7-27-14-15-28-16-17-29(28)23-27/h3-8,11-22,25H,9-10,23-24H2,1-2H3;7,9-14,16-23H,3-6,8,15,24-25H2,1-2H3;6,8-15,18-21,23-24H,3-5,7,16-17,22H2,1-2H3. The summed E-state index contributed by atoms with van der Waals surface area (Å²) in [5.41, 5.74) is 34.0. The molecule has 3 aliphatic rings. The third-order valence-electron chi connectivity index (χ3n) is 21.8. The highest BCUT2D eigenvalue weighted by Crippen LogP contribution is 2.40. The van der Waals surface area contributed by atoms with E-state index in [-0.39, 0.29) is 0 Å². The molecule has 3 aliphatic carbocycles. The van der Waals surface area contributed by atoms with Crippen LogP contribution >= 0.6 is 0 Å². The molecule has 109 heavy (non-hydrogen) atoms. The van der Waals surface area contributed by atoms with Gasteiger partial charge < -0.3 is 28.9 Å². The molecule has 0 aliphatic heterocycles. The molecule has 6 heteroatoms. The Balaban J connectivity index is 0.000000137. The summed E-state index contributed by atoms with van der Waals surface area (Å²) in [5, 5.41) is 0. The molecule has 550 valence electrons. The minimum atomic E-state index is 0.695. The summed E-state index contributed by atoms with van der Waals surface area (Å²) in [6.45, 7) is 15.0. The van der Waals surface area contributed by atoms with Gasteiger partial charge in [0, 0.05) is 63.7 Å².